The first-order valence-corrected chi connectivity index (χ1v) is 6.82. The first-order valence-electron chi connectivity index (χ1n) is 4.89. The van der Waals surface area contributed by atoms with Gasteiger partial charge in [-0.15, -0.1) is 0 Å². The fourth-order valence-electron chi connectivity index (χ4n) is 1.50. The second-order valence-corrected chi connectivity index (χ2v) is 6.98. The summed E-state index contributed by atoms with van der Waals surface area (Å²) in [5.41, 5.74) is 0.120. The Kier molecular flexibility index (Phi) is 4.09. The molecular formula is C9H20O4Si. The van der Waals surface area contributed by atoms with Crippen molar-refractivity contribution >= 4 is 8.80 Å². The summed E-state index contributed by atoms with van der Waals surface area (Å²) in [6.45, 7) is 3.01. The van der Waals surface area contributed by atoms with Gasteiger partial charge in [-0.05, 0) is 19.8 Å². The number of epoxide rings is 1. The summed E-state index contributed by atoms with van der Waals surface area (Å²) in [7, 11) is 2.60. The van der Waals surface area contributed by atoms with E-state index >= 15 is 0 Å². The van der Waals surface area contributed by atoms with E-state index in [1.807, 2.05) is 0 Å². The van der Waals surface area contributed by atoms with E-state index in [0.717, 1.165) is 25.5 Å². The van der Waals surface area contributed by atoms with Gasteiger partial charge in [0.1, 0.15) is 0 Å². The first kappa shape index (κ1) is 12.1. The number of rotatable bonds is 7. The Hall–Kier alpha value is 0.0569. The van der Waals surface area contributed by atoms with Crippen molar-refractivity contribution in [3.63, 3.8) is 0 Å². The fraction of sp³-hybridized carbons (Fsp3) is 1.00. The van der Waals surface area contributed by atoms with Crippen molar-refractivity contribution in [1.29, 1.82) is 0 Å². The fourth-order valence-corrected chi connectivity index (χ4v) is 3.22. The predicted molar refractivity (Wildman–Crippen MR) is 55.2 cm³/mol. The Morgan fingerprint density at radius 1 is 1.21 bits per heavy atom. The minimum Gasteiger partial charge on any atom is -0.377 e. The van der Waals surface area contributed by atoms with Gasteiger partial charge in [-0.25, -0.2) is 0 Å². The molecule has 0 saturated carbocycles. The van der Waals surface area contributed by atoms with Crippen molar-refractivity contribution in [2.75, 3.05) is 27.9 Å². The topological polar surface area (TPSA) is 40.2 Å². The van der Waals surface area contributed by atoms with Crippen LogP contribution >= 0.6 is 0 Å². The highest BCUT2D eigenvalue weighted by molar-refractivity contribution is 6.60. The van der Waals surface area contributed by atoms with Crippen molar-refractivity contribution < 1.29 is 18.0 Å². The second-order valence-electron chi connectivity index (χ2n) is 3.89. The molecule has 0 aromatic carbocycles. The molecule has 14 heavy (non-hydrogen) atoms. The Morgan fingerprint density at radius 2 is 1.71 bits per heavy atom. The van der Waals surface area contributed by atoms with Gasteiger partial charge in [0.15, 0.2) is 0 Å². The average Bonchev–Trinajstić information content (AvgIpc) is 2.93. The molecular weight excluding hydrogens is 200 g/mol. The minimum absolute atomic E-state index is 0.120. The highest BCUT2D eigenvalue weighted by atomic mass is 28.4. The lowest BCUT2D eigenvalue weighted by Gasteiger charge is -2.24. The van der Waals surface area contributed by atoms with Gasteiger partial charge in [0, 0.05) is 27.4 Å². The molecule has 5 heteroatoms. The summed E-state index contributed by atoms with van der Waals surface area (Å²) in [5.74, 6) is 0. The lowest BCUT2D eigenvalue weighted by Crippen LogP contribution is -2.42. The summed E-state index contributed by atoms with van der Waals surface area (Å²) < 4.78 is 21.3. The zero-order chi connectivity index (χ0) is 10.7. The quantitative estimate of drug-likeness (QED) is 0.481. The van der Waals surface area contributed by atoms with Crippen LogP contribution in [0.4, 0.5) is 0 Å². The van der Waals surface area contributed by atoms with Gasteiger partial charge in [-0.1, -0.05) is 0 Å². The van der Waals surface area contributed by atoms with Crippen molar-refractivity contribution in [1.82, 2.24) is 0 Å². The molecule has 1 rings (SSSR count). The van der Waals surface area contributed by atoms with Crippen LogP contribution in [0.2, 0.25) is 6.04 Å². The maximum atomic E-state index is 5.33. The van der Waals surface area contributed by atoms with Crippen molar-refractivity contribution in [3.05, 3.63) is 0 Å². The van der Waals surface area contributed by atoms with E-state index in [-0.39, 0.29) is 5.60 Å². The van der Waals surface area contributed by atoms with Crippen LogP contribution in [0.5, 0.6) is 0 Å². The zero-order valence-corrected chi connectivity index (χ0v) is 10.5. The van der Waals surface area contributed by atoms with Crippen molar-refractivity contribution in [2.45, 2.75) is 31.4 Å². The van der Waals surface area contributed by atoms with Crippen molar-refractivity contribution in [2.24, 2.45) is 0 Å². The molecule has 1 heterocycles. The molecule has 1 fully saturated rings. The Morgan fingerprint density at radius 3 is 2.07 bits per heavy atom. The number of hydrogen-bond acceptors (Lipinski definition) is 4. The summed E-state index contributed by atoms with van der Waals surface area (Å²) in [6.07, 6.45) is 2.08. The van der Waals surface area contributed by atoms with E-state index in [0.29, 0.717) is 0 Å². The molecule has 1 aliphatic rings. The molecule has 1 unspecified atom stereocenters. The minimum atomic E-state index is -2.34. The smallest absolute Gasteiger partial charge is 0.377 e. The van der Waals surface area contributed by atoms with Gasteiger partial charge in [-0.3, -0.25) is 0 Å². The Balaban J connectivity index is 2.25. The third-order valence-corrected chi connectivity index (χ3v) is 5.59. The lowest BCUT2D eigenvalue weighted by atomic mass is 10.1. The molecule has 1 atom stereocenters. The van der Waals surface area contributed by atoms with Gasteiger partial charge in [0.05, 0.1) is 12.2 Å². The molecule has 4 nitrogen and oxygen atoms in total. The molecule has 1 saturated heterocycles. The summed E-state index contributed by atoms with van der Waals surface area (Å²) in [4.78, 5) is 0. The third kappa shape index (κ3) is 3.03. The molecule has 1 aliphatic heterocycles. The van der Waals surface area contributed by atoms with E-state index in [4.69, 9.17) is 18.0 Å². The zero-order valence-electron chi connectivity index (χ0n) is 9.46. The molecule has 84 valence electrons. The SMILES string of the molecule is CO[Si](CCCC1(C)CO1)(OC)OC. The van der Waals surface area contributed by atoms with Gasteiger partial charge in [-0.2, -0.15) is 0 Å². The van der Waals surface area contributed by atoms with Crippen molar-refractivity contribution in [3.8, 4) is 0 Å². The summed E-state index contributed by atoms with van der Waals surface area (Å²) in [5, 5.41) is 0. The molecule has 0 aliphatic carbocycles. The largest absolute Gasteiger partial charge is 0.500 e. The van der Waals surface area contributed by atoms with Gasteiger partial charge >= 0.3 is 8.80 Å². The molecule has 0 bridgehead atoms. The van der Waals surface area contributed by atoms with Crippen LogP contribution in [0.15, 0.2) is 0 Å². The van der Waals surface area contributed by atoms with E-state index in [9.17, 15) is 0 Å². The highest BCUT2D eigenvalue weighted by Crippen LogP contribution is 2.32. The molecule has 0 aromatic rings. The van der Waals surface area contributed by atoms with Crippen LogP contribution in [0.25, 0.3) is 0 Å². The molecule has 0 N–H and O–H groups in total. The van der Waals surface area contributed by atoms with E-state index in [1.54, 1.807) is 21.3 Å². The van der Waals surface area contributed by atoms with Gasteiger partial charge in [0.2, 0.25) is 0 Å². The Bertz CT molecular complexity index is 169. The van der Waals surface area contributed by atoms with Gasteiger partial charge < -0.3 is 18.0 Å². The number of ether oxygens (including phenoxy) is 1. The third-order valence-electron chi connectivity index (χ3n) is 2.76. The van der Waals surface area contributed by atoms with Crippen LogP contribution in [-0.2, 0) is 18.0 Å². The lowest BCUT2D eigenvalue weighted by molar-refractivity contribution is 0.122. The van der Waals surface area contributed by atoms with Crippen LogP contribution < -0.4 is 0 Å². The van der Waals surface area contributed by atoms with Gasteiger partial charge in [0.25, 0.3) is 0 Å². The maximum Gasteiger partial charge on any atom is 0.500 e. The van der Waals surface area contributed by atoms with E-state index < -0.39 is 8.80 Å². The molecule has 0 aromatic heterocycles. The van der Waals surface area contributed by atoms with Crippen LogP contribution in [0.3, 0.4) is 0 Å². The standard InChI is InChI=1S/C9H20O4Si/c1-9(8-13-9)6-5-7-14(10-2,11-3)12-4/h5-8H2,1-4H3. The van der Waals surface area contributed by atoms with E-state index in [2.05, 4.69) is 6.92 Å². The predicted octanol–water partition coefficient (Wildman–Crippen LogP) is 1.43. The first-order chi connectivity index (χ1) is 6.60. The van der Waals surface area contributed by atoms with E-state index in [1.165, 1.54) is 0 Å². The normalized spacial score (nSPS) is 26.6. The molecule has 0 spiro atoms. The summed E-state index contributed by atoms with van der Waals surface area (Å²) in [6, 6.07) is 0.857. The monoisotopic (exact) mass is 220 g/mol. The second kappa shape index (κ2) is 4.72. The van der Waals surface area contributed by atoms with Crippen LogP contribution in [0, 0.1) is 0 Å². The number of hydrogen-bond donors (Lipinski definition) is 0. The average molecular weight is 220 g/mol. The molecule has 0 amide bonds. The Labute approximate surface area is 86.9 Å². The maximum absolute atomic E-state index is 5.33. The summed E-state index contributed by atoms with van der Waals surface area (Å²) >= 11 is 0. The highest BCUT2D eigenvalue weighted by Gasteiger charge is 2.42. The van der Waals surface area contributed by atoms with Crippen LogP contribution in [-0.4, -0.2) is 42.3 Å². The molecule has 0 radical (unpaired) electrons. The van der Waals surface area contributed by atoms with Crippen LogP contribution in [0.1, 0.15) is 19.8 Å².